The minimum absolute atomic E-state index is 0.161. The lowest BCUT2D eigenvalue weighted by molar-refractivity contribution is -0.134. The van der Waals surface area contributed by atoms with Gasteiger partial charge in [0.2, 0.25) is 0 Å². The first-order valence-corrected chi connectivity index (χ1v) is 7.81. The van der Waals surface area contributed by atoms with Crippen LogP contribution in [0.25, 0.3) is 0 Å². The third-order valence-corrected chi connectivity index (χ3v) is 4.08. The van der Waals surface area contributed by atoms with Gasteiger partial charge < -0.3 is 9.47 Å². The molecule has 6 heteroatoms. The minimum Gasteiger partial charge on any atom is -0.489 e. The first kappa shape index (κ1) is 17.0. The lowest BCUT2D eigenvalue weighted by atomic mass is 10.2. The Bertz CT molecular complexity index is 689. The van der Waals surface area contributed by atoms with Crippen LogP contribution in [0.5, 0.6) is 11.5 Å². The number of hydrogen-bond donors (Lipinski definition) is 1. The molecular formula is C16H14Cl2O3S. The summed E-state index contributed by atoms with van der Waals surface area (Å²) in [6.45, 7) is 1.89. The molecular weight excluding hydrogens is 343 g/mol. The van der Waals surface area contributed by atoms with Gasteiger partial charge in [0.05, 0.1) is 15.6 Å². The van der Waals surface area contributed by atoms with Crippen LogP contribution in [-0.2, 0) is 11.4 Å². The summed E-state index contributed by atoms with van der Waals surface area (Å²) in [6, 6.07) is 10.3. The summed E-state index contributed by atoms with van der Waals surface area (Å²) in [5.74, 6) is 0.651. The van der Waals surface area contributed by atoms with Crippen LogP contribution in [0.4, 0.5) is 0 Å². The number of ether oxygens (including phenoxy) is 2. The molecule has 3 nitrogen and oxygen atoms in total. The Morgan fingerprint density at radius 1 is 1.18 bits per heavy atom. The molecule has 0 aliphatic carbocycles. The zero-order chi connectivity index (χ0) is 16.1. The number of hydrogen-bond acceptors (Lipinski definition) is 4. The highest BCUT2D eigenvalue weighted by atomic mass is 35.5. The quantitative estimate of drug-likeness (QED) is 0.455. The van der Waals surface area contributed by atoms with E-state index in [-0.39, 0.29) is 19.0 Å². The third kappa shape index (κ3) is 4.32. The maximum atomic E-state index is 11.5. The maximum Gasteiger partial charge on any atom is 0.310 e. The number of carbonyl (C=O) groups excluding carboxylic acids is 1. The van der Waals surface area contributed by atoms with Crippen LogP contribution in [0.3, 0.4) is 0 Å². The fourth-order valence-electron chi connectivity index (χ4n) is 1.70. The molecule has 0 atom stereocenters. The molecule has 0 aliphatic rings. The van der Waals surface area contributed by atoms with E-state index in [4.69, 9.17) is 32.7 Å². The second kappa shape index (κ2) is 7.77. The largest absolute Gasteiger partial charge is 0.489 e. The van der Waals surface area contributed by atoms with E-state index in [0.717, 1.165) is 0 Å². The highest BCUT2D eigenvalue weighted by molar-refractivity contribution is 7.80. The normalized spacial score (nSPS) is 10.4. The second-order valence-corrected chi connectivity index (χ2v) is 5.74. The first-order chi connectivity index (χ1) is 10.5. The molecule has 0 fully saturated rings. The molecule has 0 radical (unpaired) electrons. The number of thiol groups is 1. The molecule has 0 aliphatic heterocycles. The van der Waals surface area contributed by atoms with Crippen molar-refractivity contribution >= 4 is 41.8 Å². The van der Waals surface area contributed by atoms with Gasteiger partial charge in [-0.05, 0) is 30.3 Å². The van der Waals surface area contributed by atoms with Gasteiger partial charge in [0.1, 0.15) is 18.1 Å². The summed E-state index contributed by atoms with van der Waals surface area (Å²) in [7, 11) is 0. The molecule has 0 spiro atoms. The SMILES string of the molecule is CCC(=O)Oc1cccc(Cl)c1COc1ccc(S)c(Cl)c1. The van der Waals surface area contributed by atoms with Crippen LogP contribution in [-0.4, -0.2) is 5.97 Å². The first-order valence-electron chi connectivity index (χ1n) is 6.60. The molecule has 2 aromatic carbocycles. The third-order valence-electron chi connectivity index (χ3n) is 2.89. The Hall–Kier alpha value is -1.36. The van der Waals surface area contributed by atoms with E-state index in [2.05, 4.69) is 12.6 Å². The molecule has 0 aromatic heterocycles. The van der Waals surface area contributed by atoms with E-state index in [9.17, 15) is 4.79 Å². The van der Waals surface area contributed by atoms with Crippen LogP contribution >= 0.6 is 35.8 Å². The van der Waals surface area contributed by atoms with Gasteiger partial charge in [-0.2, -0.15) is 0 Å². The van der Waals surface area contributed by atoms with Crippen molar-refractivity contribution in [2.75, 3.05) is 0 Å². The van der Waals surface area contributed by atoms with E-state index in [1.807, 2.05) is 0 Å². The molecule has 0 amide bonds. The Labute approximate surface area is 144 Å². The Morgan fingerprint density at radius 2 is 1.95 bits per heavy atom. The van der Waals surface area contributed by atoms with Crippen molar-refractivity contribution in [3.8, 4) is 11.5 Å². The second-order valence-electron chi connectivity index (χ2n) is 4.45. The average Bonchev–Trinajstić information content (AvgIpc) is 2.50. The van der Waals surface area contributed by atoms with Crippen molar-refractivity contribution < 1.29 is 14.3 Å². The molecule has 2 aromatic rings. The minimum atomic E-state index is -0.328. The summed E-state index contributed by atoms with van der Waals surface area (Å²) in [4.78, 5) is 12.1. The van der Waals surface area contributed by atoms with Gasteiger partial charge in [0.15, 0.2) is 0 Å². The molecule has 0 bridgehead atoms. The molecule has 0 heterocycles. The molecule has 2 rings (SSSR count). The molecule has 0 saturated heterocycles. The zero-order valence-electron chi connectivity index (χ0n) is 11.8. The van der Waals surface area contributed by atoms with Crippen LogP contribution in [0.15, 0.2) is 41.3 Å². The average molecular weight is 357 g/mol. The summed E-state index contributed by atoms with van der Waals surface area (Å²) in [5, 5.41) is 0.968. The molecule has 0 unspecified atom stereocenters. The predicted molar refractivity (Wildman–Crippen MR) is 90.4 cm³/mol. The predicted octanol–water partition coefficient (Wildman–Crippen LogP) is 5.18. The Morgan fingerprint density at radius 3 is 2.64 bits per heavy atom. The van der Waals surface area contributed by atoms with Crippen molar-refractivity contribution in [2.45, 2.75) is 24.8 Å². The van der Waals surface area contributed by atoms with E-state index in [0.29, 0.717) is 32.0 Å². The Balaban J connectivity index is 2.17. The summed E-state index contributed by atoms with van der Waals surface area (Å²) in [5.41, 5.74) is 0.608. The van der Waals surface area contributed by atoms with Crippen molar-refractivity contribution in [1.29, 1.82) is 0 Å². The highest BCUT2D eigenvalue weighted by Gasteiger charge is 2.12. The van der Waals surface area contributed by atoms with Crippen LogP contribution in [0.1, 0.15) is 18.9 Å². The van der Waals surface area contributed by atoms with Gasteiger partial charge in [-0.3, -0.25) is 4.79 Å². The molecule has 0 N–H and O–H groups in total. The molecule has 116 valence electrons. The van der Waals surface area contributed by atoms with Crippen LogP contribution in [0, 0.1) is 0 Å². The van der Waals surface area contributed by atoms with Gasteiger partial charge >= 0.3 is 5.97 Å². The van der Waals surface area contributed by atoms with Crippen LogP contribution in [0.2, 0.25) is 10.0 Å². The van der Waals surface area contributed by atoms with Gasteiger partial charge in [0, 0.05) is 11.3 Å². The highest BCUT2D eigenvalue weighted by Crippen LogP contribution is 2.30. The number of carbonyl (C=O) groups is 1. The summed E-state index contributed by atoms with van der Waals surface area (Å²) in [6.07, 6.45) is 0.284. The molecule has 0 saturated carbocycles. The zero-order valence-corrected chi connectivity index (χ0v) is 14.2. The topological polar surface area (TPSA) is 35.5 Å². The van der Waals surface area contributed by atoms with Gasteiger partial charge in [-0.15, -0.1) is 12.6 Å². The van der Waals surface area contributed by atoms with Crippen molar-refractivity contribution in [3.05, 3.63) is 52.0 Å². The van der Waals surface area contributed by atoms with E-state index in [1.54, 1.807) is 43.3 Å². The molecule has 22 heavy (non-hydrogen) atoms. The smallest absolute Gasteiger partial charge is 0.310 e. The number of esters is 1. The van der Waals surface area contributed by atoms with Crippen LogP contribution < -0.4 is 9.47 Å². The lowest BCUT2D eigenvalue weighted by Crippen LogP contribution is -2.09. The Kier molecular flexibility index (Phi) is 6.00. The van der Waals surface area contributed by atoms with E-state index < -0.39 is 0 Å². The van der Waals surface area contributed by atoms with Crippen molar-refractivity contribution in [2.24, 2.45) is 0 Å². The number of halogens is 2. The fourth-order valence-corrected chi connectivity index (χ4v) is 2.23. The van der Waals surface area contributed by atoms with E-state index >= 15 is 0 Å². The lowest BCUT2D eigenvalue weighted by Gasteiger charge is -2.13. The number of rotatable bonds is 5. The summed E-state index contributed by atoms with van der Waals surface area (Å²) < 4.78 is 10.9. The standard InChI is InChI=1S/C16H14Cl2O3S/c1-2-16(19)21-14-5-3-4-12(17)11(14)9-20-10-6-7-15(22)13(18)8-10/h3-8,22H,2,9H2,1H3. The number of benzene rings is 2. The maximum absolute atomic E-state index is 11.5. The van der Waals surface area contributed by atoms with Crippen molar-refractivity contribution in [3.63, 3.8) is 0 Å². The van der Waals surface area contributed by atoms with Crippen molar-refractivity contribution in [1.82, 2.24) is 0 Å². The van der Waals surface area contributed by atoms with Gasteiger partial charge in [0.25, 0.3) is 0 Å². The van der Waals surface area contributed by atoms with E-state index in [1.165, 1.54) is 0 Å². The fraction of sp³-hybridized carbons (Fsp3) is 0.188. The van der Waals surface area contributed by atoms with Gasteiger partial charge in [-0.25, -0.2) is 0 Å². The summed E-state index contributed by atoms with van der Waals surface area (Å²) >= 11 is 16.4. The monoisotopic (exact) mass is 356 g/mol. The van der Waals surface area contributed by atoms with Gasteiger partial charge in [-0.1, -0.05) is 36.2 Å².